The fraction of sp³-hybridized carbons (Fsp3) is 0.500. The minimum atomic E-state index is 0.130. The van der Waals surface area contributed by atoms with Gasteiger partial charge in [-0.3, -0.25) is 4.99 Å². The monoisotopic (exact) mass is 164 g/mol. The van der Waals surface area contributed by atoms with Gasteiger partial charge in [-0.2, -0.15) is 0 Å². The first-order valence-corrected chi connectivity index (χ1v) is 4.22. The van der Waals surface area contributed by atoms with Gasteiger partial charge in [-0.15, -0.1) is 0 Å². The Morgan fingerprint density at radius 3 is 2.67 bits per heavy atom. The van der Waals surface area contributed by atoms with E-state index < -0.39 is 0 Å². The molecule has 0 bridgehead atoms. The first-order valence-electron chi connectivity index (χ1n) is 4.22. The standard InChI is InChI=1S/C10H16N2/c1-10(2,3)12-9-6-4-5-7-11-8-9/h4-9,12H,1-3H3. The summed E-state index contributed by atoms with van der Waals surface area (Å²) in [6, 6.07) is 0.250. The first-order chi connectivity index (χ1) is 5.58. The van der Waals surface area contributed by atoms with E-state index in [0.29, 0.717) is 0 Å². The molecule has 0 aromatic carbocycles. The van der Waals surface area contributed by atoms with Crippen LogP contribution < -0.4 is 5.32 Å². The maximum Gasteiger partial charge on any atom is 0.0617 e. The van der Waals surface area contributed by atoms with Crippen molar-refractivity contribution < 1.29 is 0 Å². The number of allylic oxidation sites excluding steroid dienone is 2. The molecule has 0 aliphatic carbocycles. The van der Waals surface area contributed by atoms with Gasteiger partial charge in [0.1, 0.15) is 0 Å². The Morgan fingerprint density at radius 1 is 1.25 bits per heavy atom. The predicted molar refractivity (Wildman–Crippen MR) is 53.4 cm³/mol. The number of nitrogens with zero attached hydrogens (tertiary/aromatic N) is 1. The third kappa shape index (κ3) is 3.49. The van der Waals surface area contributed by atoms with E-state index >= 15 is 0 Å². The Hall–Kier alpha value is -0.890. The summed E-state index contributed by atoms with van der Waals surface area (Å²) in [4.78, 5) is 4.11. The number of hydrogen-bond donors (Lipinski definition) is 1. The molecule has 12 heavy (non-hydrogen) atoms. The zero-order valence-corrected chi connectivity index (χ0v) is 7.91. The summed E-state index contributed by atoms with van der Waals surface area (Å²) in [5.74, 6) is 0. The SMILES string of the molecule is CC(C)(C)NC1C=CC=CN=C1. The maximum atomic E-state index is 4.11. The fourth-order valence-electron chi connectivity index (χ4n) is 1.06. The van der Waals surface area contributed by atoms with Gasteiger partial charge >= 0.3 is 0 Å². The van der Waals surface area contributed by atoms with Crippen LogP contribution in [0, 0.1) is 0 Å². The van der Waals surface area contributed by atoms with Gasteiger partial charge in [0.05, 0.1) is 6.04 Å². The van der Waals surface area contributed by atoms with Crippen LogP contribution >= 0.6 is 0 Å². The van der Waals surface area contributed by atoms with Crippen LogP contribution in [0.5, 0.6) is 0 Å². The van der Waals surface area contributed by atoms with E-state index in [2.05, 4.69) is 37.2 Å². The van der Waals surface area contributed by atoms with E-state index in [1.807, 2.05) is 18.4 Å². The zero-order chi connectivity index (χ0) is 9.03. The lowest BCUT2D eigenvalue weighted by Crippen LogP contribution is -2.43. The van der Waals surface area contributed by atoms with Crippen molar-refractivity contribution in [3.63, 3.8) is 0 Å². The highest BCUT2D eigenvalue weighted by molar-refractivity contribution is 5.68. The maximum absolute atomic E-state index is 4.11. The normalized spacial score (nSPS) is 22.8. The summed E-state index contributed by atoms with van der Waals surface area (Å²) in [6.45, 7) is 6.44. The molecule has 0 aromatic rings. The average Bonchev–Trinajstić information content (AvgIpc) is 2.12. The highest BCUT2D eigenvalue weighted by atomic mass is 15.0. The molecule has 1 atom stereocenters. The van der Waals surface area contributed by atoms with Crippen LogP contribution in [0.2, 0.25) is 0 Å². The van der Waals surface area contributed by atoms with Crippen LogP contribution in [0.15, 0.2) is 29.4 Å². The van der Waals surface area contributed by atoms with Crippen LogP contribution in [-0.4, -0.2) is 17.8 Å². The van der Waals surface area contributed by atoms with Crippen LogP contribution in [0.1, 0.15) is 20.8 Å². The smallest absolute Gasteiger partial charge is 0.0617 e. The van der Waals surface area contributed by atoms with Crippen LogP contribution in [0.3, 0.4) is 0 Å². The van der Waals surface area contributed by atoms with Crippen molar-refractivity contribution in [1.82, 2.24) is 5.32 Å². The van der Waals surface area contributed by atoms with Gasteiger partial charge in [-0.25, -0.2) is 0 Å². The molecule has 1 aliphatic rings. The molecule has 2 nitrogen and oxygen atoms in total. The highest BCUT2D eigenvalue weighted by Crippen LogP contribution is 2.02. The van der Waals surface area contributed by atoms with Crippen LogP contribution in [-0.2, 0) is 0 Å². The van der Waals surface area contributed by atoms with Crippen molar-refractivity contribution in [2.24, 2.45) is 4.99 Å². The van der Waals surface area contributed by atoms with Gasteiger partial charge in [0.25, 0.3) is 0 Å². The molecule has 0 saturated carbocycles. The Labute approximate surface area is 74.1 Å². The predicted octanol–water partition coefficient (Wildman–Crippen LogP) is 1.90. The highest BCUT2D eigenvalue weighted by Gasteiger charge is 2.13. The van der Waals surface area contributed by atoms with Gasteiger partial charge in [0.2, 0.25) is 0 Å². The van der Waals surface area contributed by atoms with E-state index in [9.17, 15) is 0 Å². The minimum absolute atomic E-state index is 0.130. The van der Waals surface area contributed by atoms with Crippen LogP contribution in [0.4, 0.5) is 0 Å². The average molecular weight is 164 g/mol. The van der Waals surface area contributed by atoms with Gasteiger partial charge in [0, 0.05) is 18.0 Å². The number of aliphatic imine (C=N–C) groups is 1. The van der Waals surface area contributed by atoms with Crippen molar-refractivity contribution in [3.05, 3.63) is 24.4 Å². The van der Waals surface area contributed by atoms with Gasteiger partial charge in [-0.1, -0.05) is 12.2 Å². The number of hydrogen-bond acceptors (Lipinski definition) is 2. The minimum Gasteiger partial charge on any atom is -0.301 e. The molecule has 1 N–H and O–H groups in total. The molecule has 0 aromatic heterocycles. The molecule has 1 unspecified atom stereocenters. The molecule has 0 saturated heterocycles. The molecule has 1 aliphatic heterocycles. The topological polar surface area (TPSA) is 24.4 Å². The second-order valence-corrected chi connectivity index (χ2v) is 3.94. The lowest BCUT2D eigenvalue weighted by atomic mass is 10.1. The van der Waals surface area contributed by atoms with E-state index in [1.54, 1.807) is 6.20 Å². The molecule has 1 heterocycles. The second kappa shape index (κ2) is 3.68. The summed E-state index contributed by atoms with van der Waals surface area (Å²) >= 11 is 0. The number of nitrogens with one attached hydrogen (secondary N) is 1. The first kappa shape index (κ1) is 9.20. The summed E-state index contributed by atoms with van der Waals surface area (Å²) < 4.78 is 0. The largest absolute Gasteiger partial charge is 0.301 e. The Balaban J connectivity index is 2.54. The molecule has 0 radical (unpaired) electrons. The number of rotatable bonds is 1. The molecule has 1 rings (SSSR count). The molecule has 0 amide bonds. The van der Waals surface area contributed by atoms with Crippen molar-refractivity contribution in [2.75, 3.05) is 0 Å². The molecule has 0 spiro atoms. The third-order valence-corrected chi connectivity index (χ3v) is 1.45. The second-order valence-electron chi connectivity index (χ2n) is 3.94. The van der Waals surface area contributed by atoms with E-state index in [-0.39, 0.29) is 11.6 Å². The molecular formula is C10H16N2. The van der Waals surface area contributed by atoms with Crippen molar-refractivity contribution >= 4 is 6.21 Å². The molecular weight excluding hydrogens is 148 g/mol. The van der Waals surface area contributed by atoms with E-state index in [1.165, 1.54) is 0 Å². The lowest BCUT2D eigenvalue weighted by molar-refractivity contribution is 0.429. The lowest BCUT2D eigenvalue weighted by Gasteiger charge is -2.23. The fourth-order valence-corrected chi connectivity index (χ4v) is 1.06. The Bertz CT molecular complexity index is 202. The van der Waals surface area contributed by atoms with Gasteiger partial charge in [0.15, 0.2) is 0 Å². The molecule has 2 heteroatoms. The summed E-state index contributed by atoms with van der Waals surface area (Å²) in [5.41, 5.74) is 0.130. The summed E-state index contributed by atoms with van der Waals surface area (Å²) in [7, 11) is 0. The summed E-state index contributed by atoms with van der Waals surface area (Å²) in [6.07, 6.45) is 9.74. The van der Waals surface area contributed by atoms with E-state index in [4.69, 9.17) is 0 Å². The molecule has 0 fully saturated rings. The third-order valence-electron chi connectivity index (χ3n) is 1.45. The van der Waals surface area contributed by atoms with Crippen molar-refractivity contribution in [1.29, 1.82) is 0 Å². The van der Waals surface area contributed by atoms with Gasteiger partial charge < -0.3 is 5.32 Å². The van der Waals surface area contributed by atoms with Crippen LogP contribution in [0.25, 0.3) is 0 Å². The molecule has 66 valence electrons. The quantitative estimate of drug-likeness (QED) is 0.629. The summed E-state index contributed by atoms with van der Waals surface area (Å²) in [5, 5.41) is 3.42. The van der Waals surface area contributed by atoms with Crippen molar-refractivity contribution in [2.45, 2.75) is 32.4 Å². The Kier molecular flexibility index (Phi) is 2.82. The zero-order valence-electron chi connectivity index (χ0n) is 7.91. The van der Waals surface area contributed by atoms with E-state index in [0.717, 1.165) is 0 Å². The van der Waals surface area contributed by atoms with Crippen molar-refractivity contribution in [3.8, 4) is 0 Å². The van der Waals surface area contributed by atoms with Gasteiger partial charge in [-0.05, 0) is 26.8 Å². The Morgan fingerprint density at radius 2 is 2.00 bits per heavy atom.